The van der Waals surface area contributed by atoms with Crippen LogP contribution in [0, 0.1) is 0 Å². The van der Waals surface area contributed by atoms with Gasteiger partial charge in [0.15, 0.2) is 5.16 Å². The van der Waals surface area contributed by atoms with E-state index in [2.05, 4.69) is 20.2 Å². The number of thioether (sulfide) groups is 1. The molecule has 0 radical (unpaired) electrons. The molecule has 0 saturated heterocycles. The first-order valence-corrected chi connectivity index (χ1v) is 11.2. The summed E-state index contributed by atoms with van der Waals surface area (Å²) >= 11 is 1.39. The fourth-order valence-electron chi connectivity index (χ4n) is 3.92. The van der Waals surface area contributed by atoms with Crippen molar-refractivity contribution in [1.82, 2.24) is 29.1 Å². The molecule has 8 nitrogen and oxygen atoms in total. The Balaban J connectivity index is 1.50. The van der Waals surface area contributed by atoms with E-state index in [-0.39, 0.29) is 11.1 Å². The van der Waals surface area contributed by atoms with Gasteiger partial charge in [-0.25, -0.2) is 9.55 Å². The zero-order valence-corrected chi connectivity index (χ0v) is 18.0. The predicted octanol–water partition coefficient (Wildman–Crippen LogP) is 3.56. The van der Waals surface area contributed by atoms with Crippen molar-refractivity contribution in [1.29, 1.82) is 0 Å². The van der Waals surface area contributed by atoms with E-state index in [0.717, 1.165) is 5.52 Å². The molecule has 0 unspecified atom stereocenters. The van der Waals surface area contributed by atoms with Crippen molar-refractivity contribution in [2.75, 3.05) is 0 Å². The smallest absolute Gasteiger partial charge is 0.267 e. The maximum absolute atomic E-state index is 13.3. The quantitative estimate of drug-likeness (QED) is 0.411. The third kappa shape index (κ3) is 3.21. The van der Waals surface area contributed by atoms with Crippen molar-refractivity contribution in [3.8, 4) is 5.69 Å². The van der Waals surface area contributed by atoms with Gasteiger partial charge in [-0.1, -0.05) is 54.2 Å². The Kier molecular flexibility index (Phi) is 4.55. The summed E-state index contributed by atoms with van der Waals surface area (Å²) in [6, 6.07) is 24.0. The number of H-pyrrole nitrogens is 1. The molecule has 0 aliphatic carbocycles. The van der Waals surface area contributed by atoms with Crippen molar-refractivity contribution in [2.24, 2.45) is 0 Å². The number of hydrogen-bond acceptors (Lipinski definition) is 6. The highest BCUT2D eigenvalue weighted by Crippen LogP contribution is 2.25. The molecule has 0 atom stereocenters. The molecule has 0 amide bonds. The van der Waals surface area contributed by atoms with E-state index < -0.39 is 0 Å². The summed E-state index contributed by atoms with van der Waals surface area (Å²) in [5, 5.41) is 10.4. The van der Waals surface area contributed by atoms with Crippen LogP contribution in [0.25, 0.3) is 33.3 Å². The topological polar surface area (TPSA) is 97.9 Å². The number of rotatable bonds is 4. The summed E-state index contributed by atoms with van der Waals surface area (Å²) in [6.45, 7) is 0. The van der Waals surface area contributed by atoms with E-state index in [0.29, 0.717) is 44.5 Å². The summed E-state index contributed by atoms with van der Waals surface area (Å²) in [6.07, 6.45) is 0. The summed E-state index contributed by atoms with van der Waals surface area (Å²) in [5.74, 6) is 1.35. The monoisotopic (exact) mass is 452 g/mol. The Bertz CT molecular complexity index is 1770. The molecule has 1 N–H and O–H groups in total. The van der Waals surface area contributed by atoms with Crippen molar-refractivity contribution in [3.63, 3.8) is 0 Å². The third-order valence-corrected chi connectivity index (χ3v) is 6.35. The first-order valence-electron chi connectivity index (χ1n) is 10.3. The lowest BCUT2D eigenvalue weighted by Gasteiger charge is -2.11. The van der Waals surface area contributed by atoms with Crippen LogP contribution in [-0.2, 0) is 5.75 Å². The molecule has 3 heterocycles. The maximum atomic E-state index is 13.3. The highest BCUT2D eigenvalue weighted by atomic mass is 32.2. The third-order valence-electron chi connectivity index (χ3n) is 5.41. The highest BCUT2D eigenvalue weighted by Gasteiger charge is 2.18. The number of benzene rings is 3. The number of nitrogens with zero attached hydrogens (tertiary/aromatic N) is 5. The predicted molar refractivity (Wildman–Crippen MR) is 128 cm³/mol. The van der Waals surface area contributed by atoms with Crippen LogP contribution in [0.4, 0.5) is 0 Å². The van der Waals surface area contributed by atoms with Crippen molar-refractivity contribution < 1.29 is 0 Å². The lowest BCUT2D eigenvalue weighted by Crippen LogP contribution is -2.21. The van der Waals surface area contributed by atoms with E-state index in [1.54, 1.807) is 16.7 Å². The van der Waals surface area contributed by atoms with Gasteiger partial charge in [-0.3, -0.25) is 14.0 Å². The molecule has 3 aromatic carbocycles. The fourth-order valence-corrected chi connectivity index (χ4v) is 4.73. The van der Waals surface area contributed by atoms with Gasteiger partial charge in [0.25, 0.3) is 11.1 Å². The SMILES string of the molecule is O=c1[nH]c(CSc2nnc3n(-c4ccccc4)c(=O)c4ccccc4n23)nc2ccccc12. The Morgan fingerprint density at radius 1 is 0.818 bits per heavy atom. The molecule has 0 bridgehead atoms. The summed E-state index contributed by atoms with van der Waals surface area (Å²) in [7, 11) is 0. The number of aromatic amines is 1. The van der Waals surface area contributed by atoms with Crippen LogP contribution in [0.15, 0.2) is 93.6 Å². The van der Waals surface area contributed by atoms with E-state index in [4.69, 9.17) is 0 Å². The first kappa shape index (κ1) is 19.4. The molecule has 9 heteroatoms. The highest BCUT2D eigenvalue weighted by molar-refractivity contribution is 7.98. The van der Waals surface area contributed by atoms with E-state index in [1.165, 1.54) is 11.8 Å². The minimum Gasteiger partial charge on any atom is -0.309 e. The average molecular weight is 452 g/mol. The van der Waals surface area contributed by atoms with Gasteiger partial charge >= 0.3 is 0 Å². The van der Waals surface area contributed by atoms with E-state index in [9.17, 15) is 9.59 Å². The average Bonchev–Trinajstić information content (AvgIpc) is 3.27. The molecule has 3 aromatic heterocycles. The van der Waals surface area contributed by atoms with Crippen molar-refractivity contribution >= 4 is 39.3 Å². The normalized spacial score (nSPS) is 11.5. The number of aromatic nitrogens is 6. The van der Waals surface area contributed by atoms with Crippen molar-refractivity contribution in [2.45, 2.75) is 10.9 Å². The largest absolute Gasteiger partial charge is 0.309 e. The molecule has 0 saturated carbocycles. The standard InChI is InChI=1S/C24H16N6O2S/c31-21-16-10-4-6-12-18(16)25-20(26-21)14-33-24-28-27-23-29(15-8-2-1-3-9-15)22(32)17-11-5-7-13-19(17)30(23)24/h1-13H,14H2,(H,25,26,31). The van der Waals surface area contributed by atoms with Gasteiger partial charge in [-0.2, -0.15) is 0 Å². The minimum atomic E-state index is -0.175. The molecule has 0 spiro atoms. The second-order valence-corrected chi connectivity index (χ2v) is 8.37. The summed E-state index contributed by atoms with van der Waals surface area (Å²) < 4.78 is 3.43. The minimum absolute atomic E-state index is 0.159. The second kappa shape index (κ2) is 7.72. The molecule has 0 aliphatic heterocycles. The van der Waals surface area contributed by atoms with Gasteiger partial charge in [-0.15, -0.1) is 10.2 Å². The first-order chi connectivity index (χ1) is 16.2. The van der Waals surface area contributed by atoms with Gasteiger partial charge in [0.2, 0.25) is 5.78 Å². The van der Waals surface area contributed by atoms with Gasteiger partial charge in [-0.05, 0) is 36.4 Å². The van der Waals surface area contributed by atoms with Crippen molar-refractivity contribution in [3.05, 3.63) is 105 Å². The lowest BCUT2D eigenvalue weighted by molar-refractivity contribution is 0.926. The summed E-state index contributed by atoms with van der Waals surface area (Å²) in [4.78, 5) is 33.1. The van der Waals surface area contributed by atoms with Gasteiger partial charge < -0.3 is 4.98 Å². The maximum Gasteiger partial charge on any atom is 0.267 e. The molecule has 33 heavy (non-hydrogen) atoms. The van der Waals surface area contributed by atoms with Gasteiger partial charge in [0.05, 0.1) is 33.2 Å². The second-order valence-electron chi connectivity index (χ2n) is 7.43. The number of para-hydroxylation sites is 3. The molecular weight excluding hydrogens is 436 g/mol. The molecule has 6 rings (SSSR count). The summed E-state index contributed by atoms with van der Waals surface area (Å²) in [5.41, 5.74) is 1.74. The van der Waals surface area contributed by atoms with E-state index in [1.807, 2.05) is 71.1 Å². The number of fused-ring (bicyclic) bond motifs is 4. The molecule has 160 valence electrons. The molecule has 0 aliphatic rings. The zero-order valence-electron chi connectivity index (χ0n) is 17.2. The van der Waals surface area contributed by atoms with Gasteiger partial charge in [0, 0.05) is 0 Å². The Morgan fingerprint density at radius 3 is 2.39 bits per heavy atom. The Hall–Kier alpha value is -4.24. The fraction of sp³-hybridized carbons (Fsp3) is 0.0417. The van der Waals surface area contributed by atoms with Crippen LogP contribution in [0.5, 0.6) is 0 Å². The van der Waals surface area contributed by atoms with Crippen LogP contribution >= 0.6 is 11.8 Å². The van der Waals surface area contributed by atoms with Crippen LogP contribution in [0.1, 0.15) is 5.82 Å². The molecule has 0 fully saturated rings. The van der Waals surface area contributed by atoms with Crippen LogP contribution in [-0.4, -0.2) is 29.1 Å². The molecule has 6 aromatic rings. The van der Waals surface area contributed by atoms with E-state index >= 15 is 0 Å². The van der Waals surface area contributed by atoms with Crippen LogP contribution in [0.2, 0.25) is 0 Å². The zero-order chi connectivity index (χ0) is 22.4. The lowest BCUT2D eigenvalue weighted by atomic mass is 10.2. The number of nitrogens with one attached hydrogen (secondary N) is 1. The number of hydrogen-bond donors (Lipinski definition) is 1. The van der Waals surface area contributed by atoms with Crippen LogP contribution in [0.3, 0.4) is 0 Å². The Morgan fingerprint density at radius 2 is 1.55 bits per heavy atom. The molecular formula is C24H16N6O2S. The van der Waals surface area contributed by atoms with Gasteiger partial charge in [0.1, 0.15) is 5.82 Å². The Labute approximate surface area is 190 Å². The van der Waals surface area contributed by atoms with Crippen LogP contribution < -0.4 is 11.1 Å².